The van der Waals surface area contributed by atoms with Crippen molar-refractivity contribution in [3.63, 3.8) is 0 Å². The third-order valence-electron chi connectivity index (χ3n) is 6.02. The van der Waals surface area contributed by atoms with Crippen molar-refractivity contribution in [2.24, 2.45) is 0 Å². The van der Waals surface area contributed by atoms with Gasteiger partial charge in [0.15, 0.2) is 0 Å². The Hall–Kier alpha value is -3.44. The van der Waals surface area contributed by atoms with Crippen molar-refractivity contribution in [2.45, 2.75) is 0 Å². The predicted molar refractivity (Wildman–Crippen MR) is 153 cm³/mol. The highest BCUT2D eigenvalue weighted by Crippen LogP contribution is 2.33. The Labute approximate surface area is 203 Å². The topological polar surface area (TPSA) is 17.0 Å². The standard InChI is InChI=1S/C30H24N2P2/c1-3-12-22(13-4-1)31-34-30-28(20-11-21-29(30)33-23-14-5-2-6-15-23)32-26-18-9-7-16-24(26)25-17-8-10-19-27(25)32/h1-21,31,33-34H. The molecule has 0 fully saturated rings. The second-order valence-electron chi connectivity index (χ2n) is 8.18. The van der Waals surface area contributed by atoms with Crippen molar-refractivity contribution < 1.29 is 0 Å². The lowest BCUT2D eigenvalue weighted by Crippen LogP contribution is -2.24. The smallest absolute Gasteiger partial charge is 0.0560 e. The molecule has 1 heterocycles. The van der Waals surface area contributed by atoms with E-state index in [-0.39, 0.29) is 0 Å². The molecule has 2 nitrogen and oxygen atoms in total. The summed E-state index contributed by atoms with van der Waals surface area (Å²) in [6.45, 7) is 0. The van der Waals surface area contributed by atoms with E-state index in [1.165, 1.54) is 43.4 Å². The van der Waals surface area contributed by atoms with Crippen molar-refractivity contribution in [3.8, 4) is 5.69 Å². The predicted octanol–water partition coefficient (Wildman–Crippen LogP) is 6.74. The van der Waals surface area contributed by atoms with E-state index < -0.39 is 0 Å². The fourth-order valence-electron chi connectivity index (χ4n) is 4.48. The molecule has 0 aliphatic carbocycles. The first-order chi connectivity index (χ1) is 16.9. The average molecular weight is 474 g/mol. The molecule has 0 aliphatic heterocycles. The Bertz CT molecular complexity index is 1520. The molecule has 0 radical (unpaired) electrons. The number of benzene rings is 5. The van der Waals surface area contributed by atoms with Gasteiger partial charge >= 0.3 is 0 Å². The van der Waals surface area contributed by atoms with Gasteiger partial charge in [-0.1, -0.05) is 106 Å². The van der Waals surface area contributed by atoms with Gasteiger partial charge in [0.1, 0.15) is 0 Å². The van der Waals surface area contributed by atoms with Crippen molar-refractivity contribution in [1.82, 2.24) is 4.57 Å². The summed E-state index contributed by atoms with van der Waals surface area (Å²) in [5.41, 5.74) is 4.89. The summed E-state index contributed by atoms with van der Waals surface area (Å²) < 4.78 is 2.44. The van der Waals surface area contributed by atoms with E-state index >= 15 is 0 Å². The largest absolute Gasteiger partial charge is 0.363 e. The summed E-state index contributed by atoms with van der Waals surface area (Å²) in [6, 6.07) is 45.5. The third kappa shape index (κ3) is 4.01. The van der Waals surface area contributed by atoms with Crippen LogP contribution in [0.15, 0.2) is 127 Å². The molecule has 0 aliphatic rings. The van der Waals surface area contributed by atoms with Crippen LogP contribution in [0.3, 0.4) is 0 Å². The molecular weight excluding hydrogens is 450 g/mol. The molecule has 0 spiro atoms. The molecule has 164 valence electrons. The molecule has 6 rings (SSSR count). The van der Waals surface area contributed by atoms with E-state index in [0.717, 1.165) is 5.69 Å². The zero-order chi connectivity index (χ0) is 22.7. The highest BCUT2D eigenvalue weighted by atomic mass is 31.1. The average Bonchev–Trinajstić information content (AvgIpc) is 3.23. The molecule has 0 saturated carbocycles. The zero-order valence-electron chi connectivity index (χ0n) is 18.6. The number of hydrogen-bond acceptors (Lipinski definition) is 1. The maximum Gasteiger partial charge on any atom is 0.0560 e. The minimum Gasteiger partial charge on any atom is -0.363 e. The minimum atomic E-state index is 0.448. The normalized spacial score (nSPS) is 11.9. The highest BCUT2D eigenvalue weighted by molar-refractivity contribution is 7.60. The fourth-order valence-corrected chi connectivity index (χ4v) is 6.93. The van der Waals surface area contributed by atoms with E-state index in [1.807, 2.05) is 0 Å². The van der Waals surface area contributed by atoms with Crippen LogP contribution in [0.2, 0.25) is 0 Å². The molecule has 1 N–H and O–H groups in total. The third-order valence-corrected chi connectivity index (χ3v) is 8.77. The maximum atomic E-state index is 3.70. The first-order valence-electron chi connectivity index (χ1n) is 11.4. The van der Waals surface area contributed by atoms with Crippen molar-refractivity contribution >= 4 is 60.7 Å². The number of fused-ring (bicyclic) bond motifs is 3. The second-order valence-corrected chi connectivity index (χ2v) is 10.5. The van der Waals surface area contributed by atoms with Gasteiger partial charge in [-0.15, -0.1) is 0 Å². The van der Waals surface area contributed by atoms with Gasteiger partial charge in [-0.25, -0.2) is 0 Å². The lowest BCUT2D eigenvalue weighted by atomic mass is 10.2. The summed E-state index contributed by atoms with van der Waals surface area (Å²) in [7, 11) is 1.05. The van der Waals surface area contributed by atoms with Crippen LogP contribution in [0.1, 0.15) is 0 Å². The summed E-state index contributed by atoms with van der Waals surface area (Å²) in [6.07, 6.45) is 0. The molecule has 6 aromatic rings. The highest BCUT2D eigenvalue weighted by Gasteiger charge is 2.17. The van der Waals surface area contributed by atoms with E-state index in [4.69, 9.17) is 0 Å². The minimum absolute atomic E-state index is 0.448. The van der Waals surface area contributed by atoms with Crippen LogP contribution in [0, 0.1) is 0 Å². The van der Waals surface area contributed by atoms with E-state index in [0.29, 0.717) is 17.3 Å². The fraction of sp³-hybridized carbons (Fsp3) is 0. The Morgan fingerprint density at radius 1 is 0.529 bits per heavy atom. The quantitative estimate of drug-likeness (QED) is 0.265. The van der Waals surface area contributed by atoms with Gasteiger partial charge in [0.2, 0.25) is 0 Å². The first kappa shape index (κ1) is 21.1. The number of aromatic nitrogens is 1. The van der Waals surface area contributed by atoms with Crippen LogP contribution in [0.5, 0.6) is 0 Å². The van der Waals surface area contributed by atoms with Gasteiger partial charge in [-0.05, 0) is 40.9 Å². The molecule has 4 heteroatoms. The summed E-state index contributed by atoms with van der Waals surface area (Å²) in [5.74, 6) is 0. The summed E-state index contributed by atoms with van der Waals surface area (Å²) in [5, 5.41) is 10.4. The Morgan fingerprint density at radius 2 is 1.12 bits per heavy atom. The van der Waals surface area contributed by atoms with Gasteiger partial charge in [-0.3, -0.25) is 0 Å². The number of nitrogens with zero attached hydrogens (tertiary/aromatic N) is 1. The Kier molecular flexibility index (Phi) is 5.86. The SMILES string of the molecule is c1ccc(NPc2c(Pc3ccccc3)cccc2-n2c3ccccc3c3ccccc32)cc1. The molecule has 2 unspecified atom stereocenters. The lowest BCUT2D eigenvalue weighted by Gasteiger charge is -2.18. The van der Waals surface area contributed by atoms with Gasteiger partial charge in [-0.2, -0.15) is 0 Å². The van der Waals surface area contributed by atoms with Crippen LogP contribution in [-0.4, -0.2) is 4.57 Å². The molecule has 5 aromatic carbocycles. The molecule has 2 atom stereocenters. The second kappa shape index (κ2) is 9.43. The summed E-state index contributed by atoms with van der Waals surface area (Å²) in [4.78, 5) is 0. The van der Waals surface area contributed by atoms with Crippen LogP contribution in [0.4, 0.5) is 5.69 Å². The zero-order valence-corrected chi connectivity index (χ0v) is 20.6. The van der Waals surface area contributed by atoms with Crippen LogP contribution < -0.4 is 21.0 Å². The van der Waals surface area contributed by atoms with Crippen LogP contribution in [0.25, 0.3) is 27.5 Å². The number of rotatable bonds is 6. The van der Waals surface area contributed by atoms with Crippen molar-refractivity contribution in [3.05, 3.63) is 127 Å². The number of anilines is 1. The lowest BCUT2D eigenvalue weighted by molar-refractivity contribution is 1.20. The number of nitrogens with one attached hydrogen (secondary N) is 1. The Morgan fingerprint density at radius 3 is 1.79 bits per heavy atom. The summed E-state index contributed by atoms with van der Waals surface area (Å²) >= 11 is 0. The van der Waals surface area contributed by atoms with Gasteiger partial charge in [0.25, 0.3) is 0 Å². The van der Waals surface area contributed by atoms with Gasteiger partial charge < -0.3 is 9.65 Å². The number of para-hydroxylation sites is 3. The van der Waals surface area contributed by atoms with Gasteiger partial charge in [0.05, 0.1) is 16.7 Å². The maximum absolute atomic E-state index is 3.70. The van der Waals surface area contributed by atoms with E-state index in [2.05, 4.69) is 137 Å². The monoisotopic (exact) mass is 474 g/mol. The molecule has 0 amide bonds. The number of hydrogen-bond donors (Lipinski definition) is 1. The Balaban J connectivity index is 1.55. The first-order valence-corrected chi connectivity index (χ1v) is 13.4. The van der Waals surface area contributed by atoms with Crippen molar-refractivity contribution in [2.75, 3.05) is 5.09 Å². The molecule has 0 bridgehead atoms. The van der Waals surface area contributed by atoms with Crippen LogP contribution in [-0.2, 0) is 0 Å². The molecule has 0 saturated heterocycles. The van der Waals surface area contributed by atoms with Crippen LogP contribution >= 0.6 is 17.3 Å². The molecule has 34 heavy (non-hydrogen) atoms. The molecular formula is C30H24N2P2. The van der Waals surface area contributed by atoms with E-state index in [1.54, 1.807) is 0 Å². The molecule has 1 aromatic heterocycles. The van der Waals surface area contributed by atoms with Crippen molar-refractivity contribution in [1.29, 1.82) is 0 Å². The van der Waals surface area contributed by atoms with Gasteiger partial charge in [0, 0.05) is 30.5 Å². The van der Waals surface area contributed by atoms with E-state index in [9.17, 15) is 0 Å².